The lowest BCUT2D eigenvalue weighted by atomic mass is 10.7. The van der Waals surface area contributed by atoms with Crippen molar-refractivity contribution in [2.45, 2.75) is 3.79 Å². The lowest BCUT2D eigenvalue weighted by Gasteiger charge is -1.95. The van der Waals surface area contributed by atoms with Crippen LogP contribution in [0.2, 0.25) is 0 Å². The zero-order valence-electron chi connectivity index (χ0n) is 4.12. The molecule has 0 heterocycles. The van der Waals surface area contributed by atoms with Crippen LogP contribution in [-0.2, 0) is 4.79 Å². The summed E-state index contributed by atoms with van der Waals surface area (Å²) in [6.45, 7) is 0. The van der Waals surface area contributed by atoms with Gasteiger partial charge in [0.05, 0.1) is 0 Å². The molecular weight excluding hydrogens is 184 g/mol. The number of carbonyl (C=O) groups is 1. The molecule has 0 fully saturated rings. The van der Waals surface area contributed by atoms with Crippen molar-refractivity contribution in [1.82, 2.24) is 5.32 Å². The van der Waals surface area contributed by atoms with Crippen LogP contribution >= 0.6 is 34.8 Å². The van der Waals surface area contributed by atoms with Crippen LogP contribution < -0.4 is 5.32 Å². The van der Waals surface area contributed by atoms with Gasteiger partial charge in [0.2, 0.25) is 6.41 Å². The van der Waals surface area contributed by atoms with Gasteiger partial charge < -0.3 is 0 Å². The summed E-state index contributed by atoms with van der Waals surface area (Å²) in [4.78, 5) is 9.55. The van der Waals surface area contributed by atoms with Crippen molar-refractivity contribution in [3.63, 3.8) is 0 Å². The minimum atomic E-state index is -1.62. The maximum Gasteiger partial charge on any atom is 0.254 e. The molecule has 5 heteroatoms. The van der Waals surface area contributed by atoms with E-state index in [0.29, 0.717) is 6.41 Å². The standard InChI is InChI=1S/C4H2Cl3NO/c5-4(6,7)1-2-8-3-9/h3H,(H,8,9). The zero-order valence-corrected chi connectivity index (χ0v) is 6.39. The molecule has 0 rings (SSSR count). The van der Waals surface area contributed by atoms with E-state index in [4.69, 9.17) is 34.8 Å². The Hall–Kier alpha value is -0.100. The summed E-state index contributed by atoms with van der Waals surface area (Å²) in [5.41, 5.74) is 0. The van der Waals surface area contributed by atoms with E-state index in [1.807, 2.05) is 5.32 Å². The molecule has 0 bridgehead atoms. The number of nitrogens with one attached hydrogen (secondary N) is 1. The van der Waals surface area contributed by atoms with Gasteiger partial charge in [0.15, 0.2) is 0 Å². The van der Waals surface area contributed by atoms with Gasteiger partial charge in [0.25, 0.3) is 3.79 Å². The number of hydrogen-bond donors (Lipinski definition) is 1. The van der Waals surface area contributed by atoms with E-state index in [9.17, 15) is 4.79 Å². The van der Waals surface area contributed by atoms with Crippen molar-refractivity contribution in [1.29, 1.82) is 0 Å². The average molecular weight is 186 g/mol. The average Bonchev–Trinajstić information content (AvgIpc) is 1.63. The smallest absolute Gasteiger partial charge is 0.254 e. The Balaban J connectivity index is 3.72. The van der Waals surface area contributed by atoms with Gasteiger partial charge in [-0.1, -0.05) is 34.8 Å². The van der Waals surface area contributed by atoms with Crippen LogP contribution in [0.4, 0.5) is 0 Å². The summed E-state index contributed by atoms with van der Waals surface area (Å²) < 4.78 is -1.62. The van der Waals surface area contributed by atoms with Crippen LogP contribution in [0.3, 0.4) is 0 Å². The Morgan fingerprint density at radius 3 is 2.33 bits per heavy atom. The molecule has 0 aliphatic carbocycles. The fourth-order valence-electron chi connectivity index (χ4n) is 0.136. The predicted octanol–water partition coefficient (Wildman–Crippen LogP) is 1.06. The summed E-state index contributed by atoms with van der Waals surface area (Å²) >= 11 is 15.5. The maximum atomic E-state index is 9.55. The van der Waals surface area contributed by atoms with Crippen molar-refractivity contribution >= 4 is 41.2 Å². The number of halogens is 3. The summed E-state index contributed by atoms with van der Waals surface area (Å²) in [6, 6.07) is 2.11. The first-order chi connectivity index (χ1) is 4.06. The number of rotatable bonds is 1. The molecule has 50 valence electrons. The monoisotopic (exact) mass is 185 g/mol. The first-order valence-electron chi connectivity index (χ1n) is 1.84. The maximum absolute atomic E-state index is 9.55. The lowest BCUT2D eigenvalue weighted by molar-refractivity contribution is -0.108. The van der Waals surface area contributed by atoms with E-state index in [1.165, 1.54) is 0 Å². The Morgan fingerprint density at radius 1 is 1.44 bits per heavy atom. The first-order valence-corrected chi connectivity index (χ1v) is 2.98. The van der Waals surface area contributed by atoms with Gasteiger partial charge in [-0.25, -0.2) is 0 Å². The number of amides is 1. The topological polar surface area (TPSA) is 29.1 Å². The second-order valence-corrected chi connectivity index (χ2v) is 3.29. The Bertz CT molecular complexity index is 151. The third-order valence-electron chi connectivity index (χ3n) is 0.335. The predicted molar refractivity (Wildman–Crippen MR) is 37.3 cm³/mol. The van der Waals surface area contributed by atoms with Gasteiger partial charge in [0.1, 0.15) is 0 Å². The van der Waals surface area contributed by atoms with Crippen molar-refractivity contribution in [3.05, 3.63) is 0 Å². The molecule has 0 radical (unpaired) electrons. The first kappa shape index (κ1) is 8.90. The van der Waals surface area contributed by atoms with E-state index >= 15 is 0 Å². The highest BCUT2D eigenvalue weighted by Crippen LogP contribution is 2.23. The molecule has 0 saturated carbocycles. The van der Waals surface area contributed by atoms with E-state index < -0.39 is 3.79 Å². The molecule has 2 nitrogen and oxygen atoms in total. The largest absolute Gasteiger partial charge is 0.288 e. The van der Waals surface area contributed by atoms with Gasteiger partial charge >= 0.3 is 0 Å². The molecular formula is C4H2Cl3NO. The third kappa shape index (κ3) is 7.90. The Kier molecular flexibility index (Phi) is 3.79. The Labute approximate surface area is 67.5 Å². The highest BCUT2D eigenvalue weighted by Gasteiger charge is 2.13. The van der Waals surface area contributed by atoms with Crippen LogP contribution in [0, 0.1) is 12.0 Å². The van der Waals surface area contributed by atoms with Gasteiger partial charge in [-0.3, -0.25) is 10.1 Å². The molecule has 9 heavy (non-hydrogen) atoms. The molecule has 0 spiro atoms. The number of carbonyl (C=O) groups excluding carboxylic acids is 1. The van der Waals surface area contributed by atoms with Crippen LogP contribution in [0.5, 0.6) is 0 Å². The van der Waals surface area contributed by atoms with Gasteiger partial charge in [-0.05, 0) is 5.92 Å². The molecule has 0 aliphatic rings. The molecule has 1 N–H and O–H groups in total. The van der Waals surface area contributed by atoms with Crippen molar-refractivity contribution in [3.8, 4) is 12.0 Å². The fourth-order valence-corrected chi connectivity index (χ4v) is 0.278. The normalized spacial score (nSPS) is 9.22. The summed E-state index contributed by atoms with van der Waals surface area (Å²) in [7, 11) is 0. The molecule has 0 aromatic rings. The van der Waals surface area contributed by atoms with Gasteiger partial charge in [-0.2, -0.15) is 0 Å². The van der Waals surface area contributed by atoms with E-state index in [0.717, 1.165) is 0 Å². The minimum absolute atomic E-state index is 0.392. The van der Waals surface area contributed by atoms with E-state index in [-0.39, 0.29) is 0 Å². The second kappa shape index (κ2) is 3.84. The van der Waals surface area contributed by atoms with E-state index in [1.54, 1.807) is 0 Å². The van der Waals surface area contributed by atoms with Crippen molar-refractivity contribution in [2.75, 3.05) is 0 Å². The fraction of sp³-hybridized carbons (Fsp3) is 0.250. The SMILES string of the molecule is O=CNC#CC(Cl)(Cl)Cl. The highest BCUT2D eigenvalue weighted by atomic mass is 35.6. The second-order valence-electron chi connectivity index (χ2n) is 1.01. The van der Waals surface area contributed by atoms with Gasteiger partial charge in [0, 0.05) is 6.04 Å². The summed E-state index contributed by atoms with van der Waals surface area (Å²) in [6.07, 6.45) is 0.392. The quantitative estimate of drug-likeness (QED) is 0.282. The molecule has 0 atom stereocenters. The van der Waals surface area contributed by atoms with Crippen LogP contribution in [0.25, 0.3) is 0 Å². The van der Waals surface area contributed by atoms with E-state index in [2.05, 4.69) is 12.0 Å². The summed E-state index contributed by atoms with van der Waals surface area (Å²) in [5.74, 6) is 2.13. The zero-order chi connectivity index (χ0) is 7.33. The van der Waals surface area contributed by atoms with Crippen molar-refractivity contribution < 1.29 is 4.79 Å². The molecule has 0 aromatic carbocycles. The summed E-state index contributed by atoms with van der Waals surface area (Å²) in [5, 5.41) is 2.01. The number of hydrogen-bond acceptors (Lipinski definition) is 1. The molecule has 0 aromatic heterocycles. The molecule has 1 amide bonds. The Morgan fingerprint density at radius 2 is 2.00 bits per heavy atom. The minimum Gasteiger partial charge on any atom is -0.288 e. The van der Waals surface area contributed by atoms with Crippen molar-refractivity contribution in [2.24, 2.45) is 0 Å². The highest BCUT2D eigenvalue weighted by molar-refractivity contribution is 6.69. The lowest BCUT2D eigenvalue weighted by Crippen LogP contribution is -2.03. The molecule has 0 saturated heterocycles. The molecule has 0 aliphatic heterocycles. The van der Waals surface area contributed by atoms with Crippen LogP contribution in [-0.4, -0.2) is 10.2 Å². The third-order valence-corrected chi connectivity index (χ3v) is 0.619. The van der Waals surface area contributed by atoms with Crippen LogP contribution in [0.1, 0.15) is 0 Å². The van der Waals surface area contributed by atoms with Crippen LogP contribution in [0.15, 0.2) is 0 Å². The van der Waals surface area contributed by atoms with Gasteiger partial charge in [-0.15, -0.1) is 0 Å². The molecule has 0 unspecified atom stereocenters. The number of alkyl halides is 3.